The number of hydrogen-bond acceptors (Lipinski definition) is 7. The number of aliphatic hydroxyl groups excluding tert-OH is 1. The molecule has 2 aromatic heterocycles. The fourth-order valence-corrected chi connectivity index (χ4v) is 3.84. The molecule has 176 valence electrons. The minimum absolute atomic E-state index is 0.0110. The van der Waals surface area contributed by atoms with Crippen LogP contribution in [0.5, 0.6) is 11.5 Å². The lowest BCUT2D eigenvalue weighted by Gasteiger charge is -2.15. The van der Waals surface area contributed by atoms with Crippen LogP contribution in [0.2, 0.25) is 0 Å². The van der Waals surface area contributed by atoms with Crippen molar-refractivity contribution in [2.75, 3.05) is 7.11 Å². The number of nitrogens with zero attached hydrogens (tertiary/aromatic N) is 4. The van der Waals surface area contributed by atoms with Gasteiger partial charge in [0.05, 0.1) is 30.1 Å². The topological polar surface area (TPSA) is 106 Å². The van der Waals surface area contributed by atoms with Gasteiger partial charge < -0.3 is 20.0 Å². The zero-order chi connectivity index (χ0) is 24.6. The number of halogens is 3. The van der Waals surface area contributed by atoms with E-state index in [4.69, 9.17) is 10.1 Å². The van der Waals surface area contributed by atoms with Crippen LogP contribution in [0, 0.1) is 5.41 Å². The average molecular weight is 471 g/mol. The highest BCUT2D eigenvalue weighted by atomic mass is 19.4. The van der Waals surface area contributed by atoms with E-state index in [-0.39, 0.29) is 29.2 Å². The molecule has 0 saturated heterocycles. The predicted molar refractivity (Wildman–Crippen MR) is 119 cm³/mol. The fourth-order valence-electron chi connectivity index (χ4n) is 3.84. The third-order valence-electron chi connectivity index (χ3n) is 5.16. The zero-order valence-corrected chi connectivity index (χ0v) is 18.4. The van der Waals surface area contributed by atoms with Crippen LogP contribution >= 0.6 is 0 Å². The Labute approximate surface area is 191 Å². The Bertz CT molecular complexity index is 1440. The van der Waals surface area contributed by atoms with Crippen LogP contribution in [-0.4, -0.2) is 43.9 Å². The number of ether oxygens (including phenoxy) is 2. The molecular weight excluding hydrogens is 451 g/mol. The van der Waals surface area contributed by atoms with E-state index in [1.54, 1.807) is 29.5 Å². The molecule has 0 fully saturated rings. The van der Waals surface area contributed by atoms with Crippen LogP contribution in [0.4, 0.5) is 13.2 Å². The Kier molecular flexibility index (Phi) is 5.86. The number of benzene rings is 2. The van der Waals surface area contributed by atoms with Crippen LogP contribution < -0.4 is 9.47 Å². The van der Waals surface area contributed by atoms with Crippen LogP contribution in [-0.2, 0) is 6.42 Å². The van der Waals surface area contributed by atoms with Gasteiger partial charge in [-0.2, -0.15) is 0 Å². The second-order valence-corrected chi connectivity index (χ2v) is 7.53. The predicted octanol–water partition coefficient (Wildman–Crippen LogP) is 5.10. The van der Waals surface area contributed by atoms with Gasteiger partial charge in [0.1, 0.15) is 17.3 Å². The SMILES string of the molecule is COc1cc2c(cc1/C(C(C)=N)=C(\C)O)ncc1nnc(Cc3ccccc3OC(F)(F)F)n12. The van der Waals surface area contributed by atoms with Crippen molar-refractivity contribution in [2.24, 2.45) is 0 Å². The first-order valence-electron chi connectivity index (χ1n) is 10.1. The summed E-state index contributed by atoms with van der Waals surface area (Å²) in [6.45, 7) is 3.03. The van der Waals surface area contributed by atoms with Crippen LogP contribution in [0.15, 0.2) is 48.4 Å². The van der Waals surface area contributed by atoms with E-state index >= 15 is 0 Å². The molecule has 2 N–H and O–H groups in total. The van der Waals surface area contributed by atoms with E-state index in [1.807, 2.05) is 0 Å². The largest absolute Gasteiger partial charge is 0.573 e. The number of aliphatic hydroxyl groups is 1. The Morgan fingerprint density at radius 2 is 1.85 bits per heavy atom. The molecule has 0 bridgehead atoms. The summed E-state index contributed by atoms with van der Waals surface area (Å²) in [5.41, 5.74) is 2.64. The second-order valence-electron chi connectivity index (χ2n) is 7.53. The lowest BCUT2D eigenvalue weighted by Crippen LogP contribution is -2.18. The van der Waals surface area contributed by atoms with Gasteiger partial charge in [-0.1, -0.05) is 18.2 Å². The lowest BCUT2D eigenvalue weighted by molar-refractivity contribution is -0.274. The van der Waals surface area contributed by atoms with Crippen molar-refractivity contribution < 1.29 is 27.8 Å². The van der Waals surface area contributed by atoms with Crippen LogP contribution in [0.25, 0.3) is 22.3 Å². The van der Waals surface area contributed by atoms with Gasteiger partial charge in [0.2, 0.25) is 0 Å². The molecule has 0 aliphatic carbocycles. The Morgan fingerprint density at radius 3 is 2.50 bits per heavy atom. The first kappa shape index (κ1) is 23.0. The molecule has 2 aromatic carbocycles. The maximum atomic E-state index is 12.8. The monoisotopic (exact) mass is 471 g/mol. The molecule has 0 saturated carbocycles. The number of rotatable bonds is 6. The molecule has 0 aliphatic rings. The van der Waals surface area contributed by atoms with Crippen molar-refractivity contribution in [1.82, 2.24) is 19.6 Å². The van der Waals surface area contributed by atoms with E-state index in [1.165, 1.54) is 38.4 Å². The zero-order valence-electron chi connectivity index (χ0n) is 18.4. The number of methoxy groups -OCH3 is 1. The molecule has 4 aromatic rings. The van der Waals surface area contributed by atoms with E-state index in [2.05, 4.69) is 19.9 Å². The van der Waals surface area contributed by atoms with Gasteiger partial charge in [-0.05, 0) is 26.0 Å². The minimum Gasteiger partial charge on any atom is -0.512 e. The molecule has 8 nitrogen and oxygen atoms in total. The number of fused-ring (bicyclic) bond motifs is 3. The highest BCUT2D eigenvalue weighted by molar-refractivity contribution is 6.22. The summed E-state index contributed by atoms with van der Waals surface area (Å²) >= 11 is 0. The van der Waals surface area contributed by atoms with Crippen LogP contribution in [0.1, 0.15) is 30.8 Å². The summed E-state index contributed by atoms with van der Waals surface area (Å²) in [5, 5.41) is 26.4. The number of hydrogen-bond donors (Lipinski definition) is 2. The van der Waals surface area contributed by atoms with Crippen molar-refractivity contribution in [1.29, 1.82) is 5.41 Å². The van der Waals surface area contributed by atoms with Gasteiger partial charge in [0.15, 0.2) is 5.65 Å². The molecule has 0 unspecified atom stereocenters. The summed E-state index contributed by atoms with van der Waals surface area (Å²) in [6.07, 6.45) is -3.33. The van der Waals surface area contributed by atoms with Crippen LogP contribution in [0.3, 0.4) is 0 Å². The third-order valence-corrected chi connectivity index (χ3v) is 5.16. The normalized spacial score (nSPS) is 12.6. The summed E-state index contributed by atoms with van der Waals surface area (Å²) in [6, 6.07) is 9.18. The molecular formula is C23H20F3N5O3. The molecule has 11 heteroatoms. The first-order chi connectivity index (χ1) is 16.1. The van der Waals surface area contributed by atoms with Crippen molar-refractivity contribution >= 4 is 28.0 Å². The number of nitrogens with one attached hydrogen (secondary N) is 1. The molecule has 0 spiro atoms. The smallest absolute Gasteiger partial charge is 0.512 e. The maximum absolute atomic E-state index is 12.8. The van der Waals surface area contributed by atoms with Gasteiger partial charge in [-0.25, -0.2) is 0 Å². The lowest BCUT2D eigenvalue weighted by atomic mass is 9.99. The Hall–Kier alpha value is -4.15. The third kappa shape index (κ3) is 4.36. The van der Waals surface area contributed by atoms with E-state index < -0.39 is 6.36 Å². The molecule has 0 radical (unpaired) electrons. The Morgan fingerprint density at radius 1 is 1.12 bits per heavy atom. The number of allylic oxidation sites excluding steroid dienone is 2. The van der Waals surface area contributed by atoms with E-state index in [9.17, 15) is 18.3 Å². The Balaban J connectivity index is 1.89. The van der Waals surface area contributed by atoms with Gasteiger partial charge in [-0.3, -0.25) is 9.38 Å². The summed E-state index contributed by atoms with van der Waals surface area (Å²) < 4.78 is 49.9. The van der Waals surface area contributed by atoms with Gasteiger partial charge in [0, 0.05) is 34.9 Å². The fraction of sp³-hybridized carbons (Fsp3) is 0.217. The van der Waals surface area contributed by atoms with Gasteiger partial charge >= 0.3 is 6.36 Å². The second kappa shape index (κ2) is 8.65. The minimum atomic E-state index is -4.83. The summed E-state index contributed by atoms with van der Waals surface area (Å²) in [7, 11) is 1.46. The molecule has 4 rings (SSSR count). The highest BCUT2D eigenvalue weighted by Crippen LogP contribution is 2.33. The maximum Gasteiger partial charge on any atom is 0.573 e. The van der Waals surface area contributed by atoms with Gasteiger partial charge in [-0.15, -0.1) is 23.4 Å². The van der Waals surface area contributed by atoms with Crippen molar-refractivity contribution in [3.63, 3.8) is 0 Å². The average Bonchev–Trinajstić information content (AvgIpc) is 3.16. The molecule has 2 heterocycles. The highest BCUT2D eigenvalue weighted by Gasteiger charge is 2.32. The van der Waals surface area contributed by atoms with Crippen molar-refractivity contribution in [3.05, 3.63) is 65.3 Å². The number of alkyl halides is 3. The van der Waals surface area contributed by atoms with Crippen molar-refractivity contribution in [2.45, 2.75) is 26.6 Å². The molecule has 0 amide bonds. The quantitative estimate of drug-likeness (QED) is 0.299. The molecule has 34 heavy (non-hydrogen) atoms. The summed E-state index contributed by atoms with van der Waals surface area (Å²) in [5.74, 6) is 0.377. The number of aromatic nitrogens is 4. The first-order valence-corrected chi connectivity index (χ1v) is 10.1. The standard InChI is InChI=1S/C23H20F3N5O3/c1-12(27)22(13(2)32)15-9-16-17(10-19(15)33-3)31-20(29-30-21(31)11-28-16)8-14-6-4-5-7-18(14)34-23(24,25)26/h4-7,9-11,27,32H,8H2,1-3H3/b22-13+,27-12?. The molecule has 0 aliphatic heterocycles. The van der Waals surface area contributed by atoms with Gasteiger partial charge in [0.25, 0.3) is 0 Å². The van der Waals surface area contributed by atoms with Crippen molar-refractivity contribution in [3.8, 4) is 11.5 Å². The molecule has 0 atom stereocenters. The number of para-hydroxylation sites is 1. The summed E-state index contributed by atoms with van der Waals surface area (Å²) in [4.78, 5) is 4.41. The van der Waals surface area contributed by atoms with E-state index in [0.29, 0.717) is 39.4 Å². The van der Waals surface area contributed by atoms with E-state index in [0.717, 1.165) is 0 Å².